The third-order valence-electron chi connectivity index (χ3n) is 5.63. The van der Waals surface area contributed by atoms with Crippen molar-refractivity contribution in [2.24, 2.45) is 0 Å². The zero-order chi connectivity index (χ0) is 21.8. The van der Waals surface area contributed by atoms with Gasteiger partial charge in [-0.2, -0.15) is 4.57 Å². The molecule has 4 nitrogen and oxygen atoms in total. The van der Waals surface area contributed by atoms with E-state index in [1.165, 1.54) is 0 Å². The molecule has 0 saturated carbocycles. The maximum Gasteiger partial charge on any atom is 0.359 e. The molecule has 0 spiro atoms. The minimum absolute atomic E-state index is 0.0478. The van der Waals surface area contributed by atoms with Crippen molar-refractivity contribution in [1.29, 1.82) is 0 Å². The molecule has 3 aromatic carbocycles. The molecular formula is C28H24N3O+. The van der Waals surface area contributed by atoms with Gasteiger partial charge in [-0.3, -0.25) is 5.32 Å². The van der Waals surface area contributed by atoms with Gasteiger partial charge in [0.25, 0.3) is 0 Å². The number of nitrogens with zero attached hydrogens (tertiary/aromatic N) is 2. The Morgan fingerprint density at radius 2 is 1.53 bits per heavy atom. The SMILES string of the molecule is O=C1C(CC=Cc2ccccc2)Nc2c(Cc3ccccc3)nc(-c3ccccc3)c[n+]21. The fourth-order valence-corrected chi connectivity index (χ4v) is 4.00. The predicted molar refractivity (Wildman–Crippen MR) is 127 cm³/mol. The molecule has 0 radical (unpaired) electrons. The third kappa shape index (κ3) is 4.21. The van der Waals surface area contributed by atoms with Crippen molar-refractivity contribution in [3.8, 4) is 11.3 Å². The molecule has 1 unspecified atom stereocenters. The highest BCUT2D eigenvalue weighted by Crippen LogP contribution is 2.24. The molecule has 2 heterocycles. The maximum atomic E-state index is 13.3. The molecule has 0 aliphatic carbocycles. The highest BCUT2D eigenvalue weighted by molar-refractivity contribution is 5.82. The van der Waals surface area contributed by atoms with E-state index in [9.17, 15) is 4.79 Å². The number of benzene rings is 3. The molecular weight excluding hydrogens is 394 g/mol. The summed E-state index contributed by atoms with van der Waals surface area (Å²) in [6, 6.07) is 30.1. The van der Waals surface area contributed by atoms with E-state index >= 15 is 0 Å². The van der Waals surface area contributed by atoms with Crippen LogP contribution in [-0.2, 0) is 6.42 Å². The highest BCUT2D eigenvalue weighted by atomic mass is 16.2. The fraction of sp³-hybridized carbons (Fsp3) is 0.107. The summed E-state index contributed by atoms with van der Waals surface area (Å²) in [6.45, 7) is 0. The summed E-state index contributed by atoms with van der Waals surface area (Å²) in [5.41, 5.74) is 4.96. The van der Waals surface area contributed by atoms with Crippen LogP contribution in [0.4, 0.5) is 5.82 Å². The summed E-state index contributed by atoms with van der Waals surface area (Å²) in [7, 11) is 0. The van der Waals surface area contributed by atoms with Gasteiger partial charge in [-0.1, -0.05) is 103 Å². The summed E-state index contributed by atoms with van der Waals surface area (Å²) in [4.78, 5) is 18.2. The van der Waals surface area contributed by atoms with Crippen LogP contribution >= 0.6 is 0 Å². The highest BCUT2D eigenvalue weighted by Gasteiger charge is 2.40. The number of carbonyl (C=O) groups is 1. The minimum Gasteiger partial charge on any atom is -0.258 e. The summed E-state index contributed by atoms with van der Waals surface area (Å²) < 4.78 is 1.74. The fourth-order valence-electron chi connectivity index (χ4n) is 4.00. The lowest BCUT2D eigenvalue weighted by atomic mass is 10.1. The molecule has 1 atom stereocenters. The van der Waals surface area contributed by atoms with Crippen LogP contribution in [-0.4, -0.2) is 16.9 Å². The molecule has 5 rings (SSSR count). The van der Waals surface area contributed by atoms with Gasteiger partial charge in [0.1, 0.15) is 17.6 Å². The summed E-state index contributed by atoms with van der Waals surface area (Å²) in [6.07, 6.45) is 7.24. The summed E-state index contributed by atoms with van der Waals surface area (Å²) in [5, 5.41) is 3.44. The first-order chi connectivity index (χ1) is 15.8. The Bertz CT molecular complexity index is 1250. The Labute approximate surface area is 187 Å². The second-order valence-electron chi connectivity index (χ2n) is 7.90. The van der Waals surface area contributed by atoms with Gasteiger partial charge in [0.2, 0.25) is 0 Å². The van der Waals surface area contributed by atoms with E-state index in [-0.39, 0.29) is 11.9 Å². The first-order valence-electron chi connectivity index (χ1n) is 10.9. The van der Waals surface area contributed by atoms with E-state index in [4.69, 9.17) is 4.98 Å². The molecule has 32 heavy (non-hydrogen) atoms. The number of rotatable bonds is 6. The minimum atomic E-state index is -0.308. The van der Waals surface area contributed by atoms with Gasteiger partial charge < -0.3 is 0 Å². The van der Waals surface area contributed by atoms with Crippen LogP contribution in [0.25, 0.3) is 17.3 Å². The van der Waals surface area contributed by atoms with Crippen LogP contribution in [0.1, 0.15) is 28.0 Å². The van der Waals surface area contributed by atoms with Gasteiger partial charge >= 0.3 is 11.7 Å². The van der Waals surface area contributed by atoms with Crippen LogP contribution in [0, 0.1) is 0 Å². The van der Waals surface area contributed by atoms with Crippen LogP contribution < -0.4 is 9.88 Å². The van der Waals surface area contributed by atoms with Crippen molar-refractivity contribution >= 4 is 17.8 Å². The number of nitrogens with one attached hydrogen (secondary N) is 1. The second kappa shape index (κ2) is 8.98. The first-order valence-corrected chi connectivity index (χ1v) is 10.9. The van der Waals surface area contributed by atoms with Crippen molar-refractivity contribution in [2.45, 2.75) is 18.9 Å². The molecule has 156 valence electrons. The van der Waals surface area contributed by atoms with Gasteiger partial charge in [-0.15, -0.1) is 0 Å². The predicted octanol–water partition coefficient (Wildman–Crippen LogP) is 5.16. The van der Waals surface area contributed by atoms with Gasteiger partial charge in [0.15, 0.2) is 6.04 Å². The average molecular weight is 419 g/mol. The second-order valence-corrected chi connectivity index (χ2v) is 7.90. The number of aromatic nitrogens is 2. The zero-order valence-electron chi connectivity index (χ0n) is 17.7. The number of hydrogen-bond donors (Lipinski definition) is 1. The smallest absolute Gasteiger partial charge is 0.258 e. The molecule has 0 fully saturated rings. The molecule has 1 aromatic heterocycles. The lowest BCUT2D eigenvalue weighted by Gasteiger charge is -2.07. The van der Waals surface area contributed by atoms with Crippen molar-refractivity contribution < 1.29 is 9.36 Å². The van der Waals surface area contributed by atoms with Gasteiger partial charge in [-0.25, -0.2) is 9.78 Å². The van der Waals surface area contributed by atoms with Gasteiger partial charge in [0.05, 0.1) is 0 Å². The topological polar surface area (TPSA) is 45.9 Å². The van der Waals surface area contributed by atoms with E-state index < -0.39 is 0 Å². The monoisotopic (exact) mass is 418 g/mol. The van der Waals surface area contributed by atoms with E-state index in [1.54, 1.807) is 4.57 Å². The number of hydrogen-bond acceptors (Lipinski definition) is 3. The molecule has 0 amide bonds. The Balaban J connectivity index is 1.47. The third-order valence-corrected chi connectivity index (χ3v) is 5.63. The lowest BCUT2D eigenvalue weighted by Crippen LogP contribution is -2.43. The van der Waals surface area contributed by atoms with E-state index in [2.05, 4.69) is 41.7 Å². The van der Waals surface area contributed by atoms with Crippen molar-refractivity contribution in [1.82, 2.24) is 4.98 Å². The van der Waals surface area contributed by atoms with Crippen molar-refractivity contribution in [3.63, 3.8) is 0 Å². The normalized spacial score (nSPS) is 15.0. The Morgan fingerprint density at radius 3 is 2.25 bits per heavy atom. The van der Waals surface area contributed by atoms with E-state index in [1.807, 2.05) is 72.9 Å². The van der Waals surface area contributed by atoms with Crippen LogP contribution in [0.15, 0.2) is 103 Å². The number of anilines is 1. The molecule has 0 saturated heterocycles. The number of fused-ring (bicyclic) bond motifs is 1. The molecule has 4 aromatic rings. The molecule has 1 aliphatic heterocycles. The summed E-state index contributed by atoms with van der Waals surface area (Å²) in [5.74, 6) is 0.836. The van der Waals surface area contributed by atoms with Crippen LogP contribution in [0.5, 0.6) is 0 Å². The standard InChI is InChI=1S/C28H23N3O/c32-28-24(18-10-15-21-11-4-1-5-12-21)30-27-25(19-22-13-6-2-7-14-22)29-26(20-31(27)28)23-16-8-3-9-17-23/h1-17,20,24H,18-19H2/p+1. The van der Waals surface area contributed by atoms with Crippen LogP contribution in [0.3, 0.4) is 0 Å². The maximum absolute atomic E-state index is 13.3. The van der Waals surface area contributed by atoms with Gasteiger partial charge in [0, 0.05) is 18.4 Å². The lowest BCUT2D eigenvalue weighted by molar-refractivity contribution is -0.552. The average Bonchev–Trinajstić information content (AvgIpc) is 3.17. The van der Waals surface area contributed by atoms with Gasteiger partial charge in [-0.05, 0) is 11.1 Å². The van der Waals surface area contributed by atoms with E-state index in [0.29, 0.717) is 12.8 Å². The molecule has 1 aliphatic rings. The van der Waals surface area contributed by atoms with E-state index in [0.717, 1.165) is 33.9 Å². The first kappa shape index (κ1) is 19.9. The quantitative estimate of drug-likeness (QED) is 0.440. The largest absolute Gasteiger partial charge is 0.359 e. The van der Waals surface area contributed by atoms with Crippen molar-refractivity contribution in [3.05, 3.63) is 120 Å². The molecule has 1 N–H and O–H groups in total. The molecule has 0 bridgehead atoms. The Hall–Kier alpha value is -4.05. The summed E-state index contributed by atoms with van der Waals surface area (Å²) >= 11 is 0. The van der Waals surface area contributed by atoms with Crippen molar-refractivity contribution in [2.75, 3.05) is 5.32 Å². The molecule has 4 heteroatoms. The number of carbonyl (C=O) groups excluding carboxylic acids is 1. The van der Waals surface area contributed by atoms with Crippen LogP contribution in [0.2, 0.25) is 0 Å². The Morgan fingerprint density at radius 1 is 0.875 bits per heavy atom. The zero-order valence-corrected chi connectivity index (χ0v) is 17.7. The Kier molecular flexibility index (Phi) is 5.58.